The van der Waals surface area contributed by atoms with Crippen molar-refractivity contribution in [3.63, 3.8) is 0 Å². The average Bonchev–Trinajstić information content (AvgIpc) is 2.60. The number of carbonyl (C=O) groups excluding carboxylic acids is 2. The van der Waals surface area contributed by atoms with Gasteiger partial charge in [-0.3, -0.25) is 9.59 Å². The first kappa shape index (κ1) is 22.2. The van der Waals surface area contributed by atoms with E-state index in [2.05, 4.69) is 0 Å². The topological polar surface area (TPSA) is 52.6 Å². The van der Waals surface area contributed by atoms with Crippen molar-refractivity contribution in [3.8, 4) is 5.75 Å². The molecule has 0 unspecified atom stereocenters. The number of unbranched alkanes of at least 4 members (excludes halogenated alkanes) is 1. The minimum absolute atomic E-state index is 0.117. The Morgan fingerprint density at radius 3 is 2.12 bits per heavy atom. The van der Waals surface area contributed by atoms with Gasteiger partial charge in [0.1, 0.15) is 5.75 Å². The van der Waals surface area contributed by atoms with E-state index in [1.807, 2.05) is 27.7 Å². The lowest BCUT2D eigenvalue weighted by atomic mass is 9.80. The maximum absolute atomic E-state index is 12.6. The second kappa shape index (κ2) is 11.7. The van der Waals surface area contributed by atoms with Gasteiger partial charge in [-0.2, -0.15) is 0 Å². The largest absolute Gasteiger partial charge is 0.497 e. The summed E-state index contributed by atoms with van der Waals surface area (Å²) in [7, 11) is 1.60. The van der Waals surface area contributed by atoms with E-state index in [1.165, 1.54) is 0 Å². The van der Waals surface area contributed by atoms with Crippen LogP contribution in [-0.4, -0.2) is 25.5 Å². The molecule has 0 aliphatic rings. The molecule has 1 aromatic carbocycles. The highest BCUT2D eigenvalue weighted by Gasteiger charge is 2.28. The van der Waals surface area contributed by atoms with E-state index in [1.54, 1.807) is 38.3 Å². The van der Waals surface area contributed by atoms with Crippen LogP contribution < -0.4 is 4.74 Å². The fourth-order valence-corrected chi connectivity index (χ4v) is 2.32. The molecule has 0 saturated heterocycles. The molecule has 0 aliphatic carbocycles. The Hall–Kier alpha value is -1.84. The zero-order valence-electron chi connectivity index (χ0n) is 16.0. The van der Waals surface area contributed by atoms with Gasteiger partial charge in [-0.05, 0) is 44.0 Å². The summed E-state index contributed by atoms with van der Waals surface area (Å²) in [5, 5.41) is 0. The second-order valence-electron chi connectivity index (χ2n) is 5.95. The third-order valence-electron chi connectivity index (χ3n) is 3.70. The lowest BCUT2D eigenvalue weighted by Crippen LogP contribution is -2.24. The van der Waals surface area contributed by atoms with E-state index >= 15 is 0 Å². The van der Waals surface area contributed by atoms with Crippen LogP contribution in [0.25, 0.3) is 0 Å². The third-order valence-corrected chi connectivity index (χ3v) is 3.70. The molecule has 4 heteroatoms. The number of hydrogen-bond donors (Lipinski definition) is 0. The molecular formula is C20H32O4. The summed E-state index contributed by atoms with van der Waals surface area (Å²) in [6.45, 7) is 10.1. The van der Waals surface area contributed by atoms with Gasteiger partial charge in [0.05, 0.1) is 13.7 Å². The zero-order valence-corrected chi connectivity index (χ0v) is 16.0. The summed E-state index contributed by atoms with van der Waals surface area (Å²) < 4.78 is 10.00. The highest BCUT2D eigenvalue weighted by Crippen LogP contribution is 2.29. The van der Waals surface area contributed by atoms with Crippen LogP contribution in [0.15, 0.2) is 24.3 Å². The zero-order chi connectivity index (χ0) is 18.6. The molecule has 24 heavy (non-hydrogen) atoms. The molecule has 0 saturated carbocycles. The molecule has 0 radical (unpaired) electrons. The van der Waals surface area contributed by atoms with E-state index in [0.717, 1.165) is 25.0 Å². The first-order valence-corrected chi connectivity index (χ1v) is 8.75. The molecular weight excluding hydrogens is 304 g/mol. The molecule has 136 valence electrons. The molecule has 1 aromatic rings. The van der Waals surface area contributed by atoms with Crippen molar-refractivity contribution < 1.29 is 19.1 Å². The highest BCUT2D eigenvalue weighted by molar-refractivity contribution is 6.00. The Balaban J connectivity index is 0.00000254. The van der Waals surface area contributed by atoms with Gasteiger partial charge in [-0.25, -0.2) is 0 Å². The molecule has 0 amide bonds. The molecule has 0 spiro atoms. The van der Waals surface area contributed by atoms with E-state index in [4.69, 9.17) is 9.47 Å². The Bertz CT molecular complexity index is 489. The van der Waals surface area contributed by atoms with E-state index in [-0.39, 0.29) is 11.8 Å². The van der Waals surface area contributed by atoms with Crippen LogP contribution in [0, 0.1) is 5.41 Å². The fraction of sp³-hybridized carbons (Fsp3) is 0.600. The minimum atomic E-state index is -0.441. The number of carbonyl (C=O) groups is 2. The first-order chi connectivity index (χ1) is 11.4. The van der Waals surface area contributed by atoms with Crippen molar-refractivity contribution in [1.82, 2.24) is 0 Å². The maximum atomic E-state index is 12.6. The summed E-state index contributed by atoms with van der Waals surface area (Å²) in [5.41, 5.74) is 0.250. The quantitative estimate of drug-likeness (QED) is 0.359. The summed E-state index contributed by atoms with van der Waals surface area (Å²) in [6, 6.07) is 7.18. The second-order valence-corrected chi connectivity index (χ2v) is 5.95. The van der Waals surface area contributed by atoms with Gasteiger partial charge in [0.15, 0.2) is 5.78 Å². The molecule has 0 heterocycles. The average molecular weight is 336 g/mol. The number of rotatable bonds is 9. The van der Waals surface area contributed by atoms with Gasteiger partial charge in [0.25, 0.3) is 0 Å². The molecule has 0 aliphatic heterocycles. The van der Waals surface area contributed by atoms with Gasteiger partial charge in [-0.15, -0.1) is 0 Å². The molecule has 0 atom stereocenters. The van der Waals surface area contributed by atoms with Gasteiger partial charge in [0.2, 0.25) is 0 Å². The monoisotopic (exact) mass is 336 g/mol. The minimum Gasteiger partial charge on any atom is -0.497 e. The molecule has 0 bridgehead atoms. The van der Waals surface area contributed by atoms with Gasteiger partial charge >= 0.3 is 5.97 Å². The number of hydrogen-bond acceptors (Lipinski definition) is 4. The van der Waals surface area contributed by atoms with Crippen LogP contribution in [0.5, 0.6) is 5.75 Å². The first-order valence-electron chi connectivity index (χ1n) is 8.75. The van der Waals surface area contributed by atoms with Crippen molar-refractivity contribution >= 4 is 11.8 Å². The lowest BCUT2D eigenvalue weighted by Gasteiger charge is -2.23. The predicted octanol–water partition coefficient (Wildman–Crippen LogP) is 5.05. The fourth-order valence-electron chi connectivity index (χ4n) is 2.32. The number of ether oxygens (including phenoxy) is 2. The van der Waals surface area contributed by atoms with Crippen molar-refractivity contribution in [2.45, 2.75) is 60.3 Å². The Morgan fingerprint density at radius 2 is 1.62 bits per heavy atom. The summed E-state index contributed by atoms with van der Waals surface area (Å²) in [5.74, 6) is 0.692. The molecule has 0 aromatic heterocycles. The predicted molar refractivity (Wildman–Crippen MR) is 97.6 cm³/mol. The van der Waals surface area contributed by atoms with Crippen LogP contribution in [0.3, 0.4) is 0 Å². The van der Waals surface area contributed by atoms with Gasteiger partial charge in [0, 0.05) is 17.4 Å². The standard InChI is InChI=1S/C18H26O4.C2H6/c1-5-22-16(19)8-6-7-13-18(2,3)17(20)14-9-11-15(21-4)12-10-14;1-2/h9-12H,5-8,13H2,1-4H3;1-2H3. The number of methoxy groups -OCH3 is 1. The van der Waals surface area contributed by atoms with Gasteiger partial charge < -0.3 is 9.47 Å². The highest BCUT2D eigenvalue weighted by atomic mass is 16.5. The van der Waals surface area contributed by atoms with Crippen LogP contribution in [0.1, 0.15) is 70.7 Å². The summed E-state index contributed by atoms with van der Waals surface area (Å²) in [4.78, 5) is 23.8. The Labute approximate surface area is 146 Å². The van der Waals surface area contributed by atoms with Crippen molar-refractivity contribution in [2.24, 2.45) is 5.41 Å². The number of ketones is 1. The molecule has 0 fully saturated rings. The van der Waals surface area contributed by atoms with E-state index in [0.29, 0.717) is 18.6 Å². The van der Waals surface area contributed by atoms with E-state index in [9.17, 15) is 9.59 Å². The van der Waals surface area contributed by atoms with Crippen molar-refractivity contribution in [1.29, 1.82) is 0 Å². The van der Waals surface area contributed by atoms with Crippen LogP contribution in [-0.2, 0) is 9.53 Å². The maximum Gasteiger partial charge on any atom is 0.305 e. The van der Waals surface area contributed by atoms with Crippen LogP contribution >= 0.6 is 0 Å². The summed E-state index contributed by atoms with van der Waals surface area (Å²) >= 11 is 0. The molecule has 4 nitrogen and oxygen atoms in total. The number of benzene rings is 1. The van der Waals surface area contributed by atoms with E-state index < -0.39 is 5.41 Å². The number of Topliss-reactive ketones (excluding diaryl/α,β-unsaturated/α-hetero) is 1. The van der Waals surface area contributed by atoms with Crippen LogP contribution in [0.2, 0.25) is 0 Å². The van der Waals surface area contributed by atoms with Gasteiger partial charge in [-0.1, -0.05) is 34.1 Å². The van der Waals surface area contributed by atoms with Crippen LogP contribution in [0.4, 0.5) is 0 Å². The van der Waals surface area contributed by atoms with Crippen molar-refractivity contribution in [3.05, 3.63) is 29.8 Å². The Kier molecular flexibility index (Phi) is 10.8. The lowest BCUT2D eigenvalue weighted by molar-refractivity contribution is -0.143. The third kappa shape index (κ3) is 7.62. The number of esters is 1. The normalized spacial score (nSPS) is 10.4. The SMILES string of the molecule is CC.CCOC(=O)CCCCC(C)(C)C(=O)c1ccc(OC)cc1. The van der Waals surface area contributed by atoms with Crippen molar-refractivity contribution in [2.75, 3.05) is 13.7 Å². The molecule has 1 rings (SSSR count). The molecule has 0 N–H and O–H groups in total. The Morgan fingerprint density at radius 1 is 1.04 bits per heavy atom. The smallest absolute Gasteiger partial charge is 0.305 e. The summed E-state index contributed by atoms with van der Waals surface area (Å²) in [6.07, 6.45) is 2.74.